The highest BCUT2D eigenvalue weighted by Crippen LogP contribution is 2.15. The van der Waals surface area contributed by atoms with Crippen LogP contribution < -0.4 is 5.32 Å². The van der Waals surface area contributed by atoms with E-state index in [1.807, 2.05) is 39.8 Å². The van der Waals surface area contributed by atoms with Crippen LogP contribution in [0.3, 0.4) is 0 Å². The summed E-state index contributed by atoms with van der Waals surface area (Å²) in [5, 5.41) is 11.5. The first-order chi connectivity index (χ1) is 10.3. The largest absolute Gasteiger partial charge is 0.396 e. The fourth-order valence-corrected chi connectivity index (χ4v) is 2.06. The van der Waals surface area contributed by atoms with Gasteiger partial charge in [-0.15, -0.1) is 0 Å². The first kappa shape index (κ1) is 22.5. The molecule has 1 unspecified atom stereocenters. The third-order valence-electron chi connectivity index (χ3n) is 3.46. The zero-order valence-electron chi connectivity index (χ0n) is 14.7. The number of carbonyl (C=O) groups is 1. The van der Waals surface area contributed by atoms with Gasteiger partial charge in [0.05, 0.1) is 12.5 Å². The smallest absolute Gasteiger partial charge is 0.225 e. The summed E-state index contributed by atoms with van der Waals surface area (Å²) in [4.78, 5) is 11.2. The summed E-state index contributed by atoms with van der Waals surface area (Å²) in [5.41, 5.74) is 0. The molecule has 21 heavy (non-hydrogen) atoms. The summed E-state index contributed by atoms with van der Waals surface area (Å²) < 4.78 is 0. The van der Waals surface area contributed by atoms with Gasteiger partial charge in [0.1, 0.15) is 0 Å². The Kier molecular flexibility index (Phi) is 20.5. The van der Waals surface area contributed by atoms with Crippen LogP contribution >= 0.6 is 0 Å². The summed E-state index contributed by atoms with van der Waals surface area (Å²) in [6.45, 7) is 8.26. The summed E-state index contributed by atoms with van der Waals surface area (Å²) in [6, 6.07) is 0. The van der Waals surface area contributed by atoms with Crippen molar-refractivity contribution in [2.45, 2.75) is 79.1 Å². The van der Waals surface area contributed by atoms with E-state index < -0.39 is 0 Å². The van der Waals surface area contributed by atoms with E-state index >= 15 is 0 Å². The summed E-state index contributed by atoms with van der Waals surface area (Å²) in [6.07, 6.45) is 14.9. The van der Waals surface area contributed by atoms with Gasteiger partial charge in [-0.3, -0.25) is 4.79 Å². The minimum atomic E-state index is -0.254. The lowest BCUT2D eigenvalue weighted by Crippen LogP contribution is -2.32. The molecule has 1 fully saturated rings. The van der Waals surface area contributed by atoms with Crippen molar-refractivity contribution in [3.8, 4) is 0 Å². The van der Waals surface area contributed by atoms with Crippen molar-refractivity contribution in [3.63, 3.8) is 0 Å². The van der Waals surface area contributed by atoms with Crippen molar-refractivity contribution in [3.05, 3.63) is 12.2 Å². The average molecular weight is 299 g/mol. The van der Waals surface area contributed by atoms with Gasteiger partial charge in [-0.25, -0.2) is 0 Å². The standard InChI is InChI=1S/C9H17NO2.C7H14.C2H6/c1-3-5-6-10-9(12)8(4-2)7-11;1-2-4-6-7-5-3-1;1-2/h3,5,8,11H,4,6-7H2,1-2H3,(H,10,12);1-7H2;1-2H3/b5-3+;;. The van der Waals surface area contributed by atoms with E-state index in [2.05, 4.69) is 5.32 Å². The molecule has 0 heterocycles. The van der Waals surface area contributed by atoms with Crippen LogP contribution in [0.4, 0.5) is 0 Å². The summed E-state index contributed by atoms with van der Waals surface area (Å²) >= 11 is 0. The molecule has 126 valence electrons. The molecule has 0 saturated heterocycles. The van der Waals surface area contributed by atoms with Crippen LogP contribution in [0.2, 0.25) is 0 Å². The predicted molar refractivity (Wildman–Crippen MR) is 92.4 cm³/mol. The second kappa shape index (κ2) is 19.2. The predicted octanol–water partition coefficient (Wildman–Crippen LogP) is 4.45. The maximum Gasteiger partial charge on any atom is 0.225 e. The molecule has 0 aromatic carbocycles. The van der Waals surface area contributed by atoms with Crippen LogP contribution in [0.15, 0.2) is 12.2 Å². The molecule has 3 nitrogen and oxygen atoms in total. The summed E-state index contributed by atoms with van der Waals surface area (Å²) in [5.74, 6) is -0.326. The fraction of sp³-hybridized carbons (Fsp3) is 0.833. The van der Waals surface area contributed by atoms with Crippen LogP contribution in [-0.4, -0.2) is 24.2 Å². The van der Waals surface area contributed by atoms with E-state index in [0.717, 1.165) is 0 Å². The molecule has 1 aliphatic rings. The lowest BCUT2D eigenvalue weighted by molar-refractivity contribution is -0.126. The van der Waals surface area contributed by atoms with Gasteiger partial charge >= 0.3 is 0 Å². The maximum atomic E-state index is 11.2. The van der Waals surface area contributed by atoms with Gasteiger partial charge in [0.15, 0.2) is 0 Å². The molecule has 1 saturated carbocycles. The minimum Gasteiger partial charge on any atom is -0.396 e. The highest BCUT2D eigenvalue weighted by Gasteiger charge is 2.13. The van der Waals surface area contributed by atoms with Crippen molar-refractivity contribution in [2.75, 3.05) is 13.2 Å². The molecular formula is C18H37NO2. The number of rotatable bonds is 5. The molecule has 2 N–H and O–H groups in total. The van der Waals surface area contributed by atoms with Crippen molar-refractivity contribution in [1.29, 1.82) is 0 Å². The molecule has 3 heteroatoms. The van der Waals surface area contributed by atoms with E-state index in [1.54, 1.807) is 0 Å². The van der Waals surface area contributed by atoms with Crippen LogP contribution in [0.1, 0.15) is 79.1 Å². The molecule has 1 amide bonds. The number of hydrogen-bond donors (Lipinski definition) is 2. The number of allylic oxidation sites excluding steroid dienone is 1. The number of amides is 1. The van der Waals surface area contributed by atoms with E-state index in [1.165, 1.54) is 44.9 Å². The van der Waals surface area contributed by atoms with Gasteiger partial charge in [0.2, 0.25) is 5.91 Å². The summed E-state index contributed by atoms with van der Waals surface area (Å²) in [7, 11) is 0. The number of aliphatic hydroxyl groups is 1. The van der Waals surface area contributed by atoms with E-state index in [0.29, 0.717) is 13.0 Å². The zero-order valence-corrected chi connectivity index (χ0v) is 14.7. The molecule has 1 atom stereocenters. The topological polar surface area (TPSA) is 49.3 Å². The molecule has 0 radical (unpaired) electrons. The second-order valence-electron chi connectivity index (χ2n) is 5.08. The molecule has 0 aromatic rings. The minimum absolute atomic E-state index is 0.0712. The molecule has 0 aliphatic heterocycles. The highest BCUT2D eigenvalue weighted by molar-refractivity contribution is 5.78. The van der Waals surface area contributed by atoms with Gasteiger partial charge in [0, 0.05) is 6.54 Å². The average Bonchev–Trinajstić information content (AvgIpc) is 2.84. The van der Waals surface area contributed by atoms with Crippen molar-refractivity contribution in [2.24, 2.45) is 5.92 Å². The van der Waals surface area contributed by atoms with Crippen molar-refractivity contribution < 1.29 is 9.90 Å². The number of hydrogen-bond acceptors (Lipinski definition) is 2. The van der Waals surface area contributed by atoms with Crippen LogP contribution in [0.5, 0.6) is 0 Å². The Balaban J connectivity index is 0. The SMILES string of the molecule is C/C=C/CNC(=O)C(CC)CO.C1CCCCCC1.CC. The molecule has 0 aromatic heterocycles. The number of carbonyl (C=O) groups excluding carboxylic acids is 1. The Hall–Kier alpha value is -0.830. The first-order valence-electron chi connectivity index (χ1n) is 8.76. The van der Waals surface area contributed by atoms with E-state index in [4.69, 9.17) is 5.11 Å². The number of nitrogens with one attached hydrogen (secondary N) is 1. The Morgan fingerprint density at radius 2 is 1.52 bits per heavy atom. The van der Waals surface area contributed by atoms with Crippen molar-refractivity contribution in [1.82, 2.24) is 5.32 Å². The molecular weight excluding hydrogens is 262 g/mol. The zero-order chi connectivity index (χ0) is 16.3. The normalized spacial score (nSPS) is 15.9. The van der Waals surface area contributed by atoms with Gasteiger partial charge < -0.3 is 10.4 Å². The fourth-order valence-electron chi connectivity index (χ4n) is 2.06. The van der Waals surface area contributed by atoms with Crippen molar-refractivity contribution >= 4 is 5.91 Å². The lowest BCUT2D eigenvalue weighted by atomic mass is 10.1. The first-order valence-corrected chi connectivity index (χ1v) is 8.76. The third kappa shape index (κ3) is 15.4. The molecule has 0 spiro atoms. The van der Waals surface area contributed by atoms with Gasteiger partial charge in [0.25, 0.3) is 0 Å². The van der Waals surface area contributed by atoms with Crippen LogP contribution in [0.25, 0.3) is 0 Å². The van der Waals surface area contributed by atoms with Gasteiger partial charge in [-0.05, 0) is 13.3 Å². The van der Waals surface area contributed by atoms with Gasteiger partial charge in [-0.2, -0.15) is 0 Å². The molecule has 1 aliphatic carbocycles. The maximum absolute atomic E-state index is 11.2. The Bertz CT molecular complexity index is 216. The van der Waals surface area contributed by atoms with Crippen LogP contribution in [0, 0.1) is 5.92 Å². The highest BCUT2D eigenvalue weighted by atomic mass is 16.3. The van der Waals surface area contributed by atoms with Crippen LogP contribution in [-0.2, 0) is 4.79 Å². The Labute approximate surface area is 132 Å². The van der Waals surface area contributed by atoms with E-state index in [9.17, 15) is 4.79 Å². The monoisotopic (exact) mass is 299 g/mol. The lowest BCUT2D eigenvalue weighted by Gasteiger charge is -2.10. The molecule has 1 rings (SSSR count). The molecule has 0 bridgehead atoms. The number of aliphatic hydroxyl groups excluding tert-OH is 1. The quantitative estimate of drug-likeness (QED) is 0.582. The Morgan fingerprint density at radius 3 is 1.81 bits per heavy atom. The third-order valence-corrected chi connectivity index (χ3v) is 3.46. The second-order valence-corrected chi connectivity index (χ2v) is 5.08. The van der Waals surface area contributed by atoms with E-state index in [-0.39, 0.29) is 18.4 Å². The Morgan fingerprint density at radius 1 is 1.10 bits per heavy atom. The van der Waals surface area contributed by atoms with Gasteiger partial charge in [-0.1, -0.05) is 77.9 Å².